The van der Waals surface area contributed by atoms with Crippen LogP contribution >= 0.6 is 0 Å². The first-order chi connectivity index (χ1) is 11.8. The van der Waals surface area contributed by atoms with Gasteiger partial charge >= 0.3 is 0 Å². The molecule has 0 aliphatic carbocycles. The van der Waals surface area contributed by atoms with Crippen molar-refractivity contribution in [3.63, 3.8) is 0 Å². The molecule has 2 aliphatic rings. The molecule has 2 aliphatic heterocycles. The number of hydrogen-bond acceptors (Lipinski definition) is 3. The molecule has 1 N–H and O–H groups in total. The smallest absolute Gasteiger partial charge is 0.241 e. The lowest BCUT2D eigenvalue weighted by Crippen LogP contribution is -2.37. The Balaban J connectivity index is 1.61. The summed E-state index contributed by atoms with van der Waals surface area (Å²) in [6, 6.07) is 7.77. The van der Waals surface area contributed by atoms with Gasteiger partial charge in [-0.3, -0.25) is 9.59 Å². The molecule has 2 fully saturated rings. The van der Waals surface area contributed by atoms with Crippen molar-refractivity contribution < 1.29 is 9.59 Å². The van der Waals surface area contributed by atoms with Crippen LogP contribution in [0.5, 0.6) is 0 Å². The molecule has 2 heterocycles. The van der Waals surface area contributed by atoms with Crippen molar-refractivity contribution in [3.8, 4) is 0 Å². The third-order valence-electron chi connectivity index (χ3n) is 4.91. The fraction of sp³-hybridized carbons (Fsp3) is 0.579. The van der Waals surface area contributed by atoms with Crippen LogP contribution in [-0.4, -0.2) is 42.9 Å². The number of anilines is 2. The maximum atomic E-state index is 12.5. The molecule has 0 unspecified atom stereocenters. The summed E-state index contributed by atoms with van der Waals surface area (Å²) in [5, 5.41) is 3.26. The third kappa shape index (κ3) is 4.08. The van der Waals surface area contributed by atoms with E-state index in [1.54, 1.807) is 0 Å². The van der Waals surface area contributed by atoms with E-state index in [-0.39, 0.29) is 11.8 Å². The van der Waals surface area contributed by atoms with Crippen LogP contribution in [0.2, 0.25) is 0 Å². The predicted octanol–water partition coefficient (Wildman–Crippen LogP) is 3.02. The van der Waals surface area contributed by atoms with Crippen molar-refractivity contribution in [2.24, 2.45) is 0 Å². The first kappa shape index (κ1) is 16.8. The average Bonchev–Trinajstić information content (AvgIpc) is 2.98. The minimum absolute atomic E-state index is 0.152. The van der Waals surface area contributed by atoms with E-state index >= 15 is 0 Å². The van der Waals surface area contributed by atoms with Gasteiger partial charge in [0.1, 0.15) is 0 Å². The lowest BCUT2D eigenvalue weighted by atomic mass is 10.1. The van der Waals surface area contributed by atoms with E-state index in [0.717, 1.165) is 50.3 Å². The summed E-state index contributed by atoms with van der Waals surface area (Å²) < 4.78 is 0. The van der Waals surface area contributed by atoms with Gasteiger partial charge in [0.05, 0.1) is 17.9 Å². The van der Waals surface area contributed by atoms with Crippen LogP contribution in [0.4, 0.5) is 11.4 Å². The van der Waals surface area contributed by atoms with Crippen LogP contribution in [0.1, 0.15) is 44.9 Å². The minimum atomic E-state index is 0.152. The number of benzene rings is 1. The third-order valence-corrected chi connectivity index (χ3v) is 4.91. The van der Waals surface area contributed by atoms with Crippen molar-refractivity contribution in [1.82, 2.24) is 4.90 Å². The van der Waals surface area contributed by atoms with E-state index < -0.39 is 0 Å². The fourth-order valence-corrected chi connectivity index (χ4v) is 3.54. The largest absolute Gasteiger partial charge is 0.374 e. The Morgan fingerprint density at radius 1 is 0.958 bits per heavy atom. The van der Waals surface area contributed by atoms with Crippen LogP contribution in [0.25, 0.3) is 0 Å². The second kappa shape index (κ2) is 8.18. The zero-order chi connectivity index (χ0) is 16.8. The van der Waals surface area contributed by atoms with Crippen LogP contribution in [0, 0.1) is 0 Å². The first-order valence-corrected chi connectivity index (χ1v) is 9.17. The molecular formula is C19H27N3O2. The van der Waals surface area contributed by atoms with Crippen molar-refractivity contribution in [3.05, 3.63) is 24.3 Å². The summed E-state index contributed by atoms with van der Waals surface area (Å²) >= 11 is 0. The number of amides is 2. The molecule has 1 aromatic rings. The van der Waals surface area contributed by atoms with E-state index in [1.165, 1.54) is 19.3 Å². The number of carbonyl (C=O) groups is 2. The molecule has 2 saturated heterocycles. The number of rotatable bonds is 4. The molecule has 2 amide bonds. The Morgan fingerprint density at radius 2 is 1.67 bits per heavy atom. The average molecular weight is 329 g/mol. The number of likely N-dealkylation sites (tertiary alicyclic amines) is 1. The summed E-state index contributed by atoms with van der Waals surface area (Å²) in [6.07, 6.45) is 7.45. The van der Waals surface area contributed by atoms with Crippen LogP contribution in [0.3, 0.4) is 0 Å². The van der Waals surface area contributed by atoms with Crippen LogP contribution in [0.15, 0.2) is 24.3 Å². The predicted molar refractivity (Wildman–Crippen MR) is 96.2 cm³/mol. The highest BCUT2D eigenvalue weighted by Crippen LogP contribution is 2.29. The molecule has 3 rings (SSSR count). The first-order valence-electron chi connectivity index (χ1n) is 9.17. The summed E-state index contributed by atoms with van der Waals surface area (Å²) in [5.41, 5.74) is 1.76. The summed E-state index contributed by atoms with van der Waals surface area (Å²) in [4.78, 5) is 28.3. The second-order valence-electron chi connectivity index (χ2n) is 6.67. The number of carbonyl (C=O) groups excluding carboxylic acids is 2. The maximum absolute atomic E-state index is 12.5. The molecule has 24 heavy (non-hydrogen) atoms. The van der Waals surface area contributed by atoms with Gasteiger partial charge in [-0.25, -0.2) is 0 Å². The van der Waals surface area contributed by atoms with Crippen molar-refractivity contribution >= 4 is 23.2 Å². The molecule has 0 spiro atoms. The van der Waals surface area contributed by atoms with E-state index in [4.69, 9.17) is 0 Å². The maximum Gasteiger partial charge on any atom is 0.241 e. The fourth-order valence-electron chi connectivity index (χ4n) is 3.54. The quantitative estimate of drug-likeness (QED) is 0.924. The van der Waals surface area contributed by atoms with Crippen LogP contribution in [-0.2, 0) is 9.59 Å². The van der Waals surface area contributed by atoms with Gasteiger partial charge in [0.25, 0.3) is 0 Å². The normalized spacial score (nSPS) is 19.1. The summed E-state index contributed by atoms with van der Waals surface area (Å²) in [5.74, 6) is 0.318. The van der Waals surface area contributed by atoms with Gasteiger partial charge in [-0.1, -0.05) is 31.4 Å². The number of nitrogens with one attached hydrogen (secondary N) is 1. The molecule has 5 nitrogen and oxygen atoms in total. The number of hydrogen-bond donors (Lipinski definition) is 1. The van der Waals surface area contributed by atoms with Crippen molar-refractivity contribution in [2.45, 2.75) is 44.9 Å². The molecule has 0 aromatic heterocycles. The van der Waals surface area contributed by atoms with Gasteiger partial charge < -0.3 is 15.1 Å². The Bertz CT molecular complexity index is 580. The molecule has 130 valence electrons. The van der Waals surface area contributed by atoms with Gasteiger partial charge in [-0.15, -0.1) is 0 Å². The standard InChI is InChI=1S/C19H27N3O2/c23-18-11-8-14-22(18)17-10-5-4-9-16(17)20-15-19(24)21-12-6-2-1-3-7-13-21/h4-5,9-10,20H,1-3,6-8,11-15H2. The Morgan fingerprint density at radius 3 is 2.38 bits per heavy atom. The Kier molecular flexibility index (Phi) is 5.72. The molecular weight excluding hydrogens is 302 g/mol. The summed E-state index contributed by atoms with van der Waals surface area (Å²) in [7, 11) is 0. The van der Waals surface area contributed by atoms with Gasteiger partial charge in [-0.05, 0) is 31.4 Å². The lowest BCUT2D eigenvalue weighted by Gasteiger charge is -2.26. The molecule has 0 atom stereocenters. The highest BCUT2D eigenvalue weighted by atomic mass is 16.2. The van der Waals surface area contributed by atoms with E-state index in [9.17, 15) is 9.59 Å². The van der Waals surface area contributed by atoms with Gasteiger partial charge in [0.2, 0.25) is 11.8 Å². The van der Waals surface area contributed by atoms with E-state index in [0.29, 0.717) is 13.0 Å². The SMILES string of the molecule is O=C(CNc1ccccc1N1CCCC1=O)N1CCCCCCC1. The molecule has 5 heteroatoms. The minimum Gasteiger partial charge on any atom is -0.374 e. The number of para-hydroxylation sites is 2. The molecule has 1 aromatic carbocycles. The lowest BCUT2D eigenvalue weighted by molar-refractivity contribution is -0.129. The molecule has 0 saturated carbocycles. The van der Waals surface area contributed by atoms with Crippen molar-refractivity contribution in [2.75, 3.05) is 36.4 Å². The van der Waals surface area contributed by atoms with Gasteiger partial charge in [0.15, 0.2) is 0 Å². The van der Waals surface area contributed by atoms with Gasteiger partial charge in [-0.2, -0.15) is 0 Å². The van der Waals surface area contributed by atoms with Crippen molar-refractivity contribution in [1.29, 1.82) is 0 Å². The van der Waals surface area contributed by atoms with E-state index in [1.807, 2.05) is 34.1 Å². The Labute approximate surface area is 144 Å². The highest BCUT2D eigenvalue weighted by molar-refractivity contribution is 5.98. The van der Waals surface area contributed by atoms with E-state index in [2.05, 4.69) is 5.32 Å². The highest BCUT2D eigenvalue weighted by Gasteiger charge is 2.24. The monoisotopic (exact) mass is 329 g/mol. The number of nitrogens with zero attached hydrogens (tertiary/aromatic N) is 2. The zero-order valence-electron chi connectivity index (χ0n) is 14.3. The van der Waals surface area contributed by atoms with Crippen LogP contribution < -0.4 is 10.2 Å². The molecule has 0 radical (unpaired) electrons. The summed E-state index contributed by atoms with van der Waals surface area (Å²) in [6.45, 7) is 2.79. The zero-order valence-corrected chi connectivity index (χ0v) is 14.3. The second-order valence-corrected chi connectivity index (χ2v) is 6.67. The van der Waals surface area contributed by atoms with Gasteiger partial charge in [0, 0.05) is 26.1 Å². The molecule has 0 bridgehead atoms. The topological polar surface area (TPSA) is 52.7 Å². The Hall–Kier alpha value is -2.04.